The molecule has 1 aliphatic heterocycles. The summed E-state index contributed by atoms with van der Waals surface area (Å²) in [5.41, 5.74) is 0.808. The lowest BCUT2D eigenvalue weighted by molar-refractivity contribution is -0.118. The SMILES string of the molecule is C#CCNC(=O)CSc1nnc(N2CCCC2)n1-c1ccccc1Cl. The molecular weight excluding hydrogens is 358 g/mol. The summed E-state index contributed by atoms with van der Waals surface area (Å²) in [5, 5.41) is 12.5. The number of carbonyl (C=O) groups is 1. The number of anilines is 1. The lowest BCUT2D eigenvalue weighted by Crippen LogP contribution is -2.25. The molecule has 3 rings (SSSR count). The van der Waals surface area contributed by atoms with Gasteiger partial charge < -0.3 is 10.2 Å². The highest BCUT2D eigenvalue weighted by atomic mass is 35.5. The standard InChI is InChI=1S/C17H18ClN5OS/c1-2-9-19-15(24)12-25-17-21-20-16(22-10-5-6-11-22)23(17)14-8-4-3-7-13(14)18/h1,3-4,7-8H,5-6,9-12H2,(H,19,24). The summed E-state index contributed by atoms with van der Waals surface area (Å²) in [6.45, 7) is 2.10. The van der Waals surface area contributed by atoms with Crippen molar-refractivity contribution in [3.05, 3.63) is 29.3 Å². The minimum atomic E-state index is -0.139. The van der Waals surface area contributed by atoms with E-state index in [0.717, 1.165) is 37.6 Å². The largest absolute Gasteiger partial charge is 0.344 e. The van der Waals surface area contributed by atoms with E-state index in [1.165, 1.54) is 11.8 Å². The van der Waals surface area contributed by atoms with E-state index < -0.39 is 0 Å². The van der Waals surface area contributed by atoms with Gasteiger partial charge in [-0.3, -0.25) is 9.36 Å². The van der Waals surface area contributed by atoms with Crippen LogP contribution < -0.4 is 10.2 Å². The second-order valence-electron chi connectivity index (χ2n) is 5.53. The van der Waals surface area contributed by atoms with Crippen LogP contribution >= 0.6 is 23.4 Å². The molecule has 0 bridgehead atoms. The van der Waals surface area contributed by atoms with E-state index in [1.54, 1.807) is 0 Å². The summed E-state index contributed by atoms with van der Waals surface area (Å²) in [6, 6.07) is 7.56. The van der Waals surface area contributed by atoms with Crippen LogP contribution in [0.3, 0.4) is 0 Å². The molecule has 1 saturated heterocycles. The van der Waals surface area contributed by atoms with E-state index in [1.807, 2.05) is 28.8 Å². The molecule has 1 aromatic carbocycles. The summed E-state index contributed by atoms with van der Waals surface area (Å²) in [5.74, 6) is 3.22. The van der Waals surface area contributed by atoms with Crippen LogP contribution in [0.15, 0.2) is 29.4 Å². The summed E-state index contributed by atoms with van der Waals surface area (Å²) < 4.78 is 1.92. The molecular formula is C17H18ClN5OS. The van der Waals surface area contributed by atoms with Crippen molar-refractivity contribution < 1.29 is 4.79 Å². The maximum absolute atomic E-state index is 11.8. The predicted molar refractivity (Wildman–Crippen MR) is 100 cm³/mol. The van der Waals surface area contributed by atoms with Crippen molar-refractivity contribution in [1.29, 1.82) is 0 Å². The predicted octanol–water partition coefficient (Wildman–Crippen LogP) is 2.36. The van der Waals surface area contributed by atoms with Crippen LogP contribution in [0.2, 0.25) is 5.02 Å². The zero-order valence-corrected chi connectivity index (χ0v) is 15.2. The number of halogens is 1. The van der Waals surface area contributed by atoms with Gasteiger partial charge in [-0.15, -0.1) is 16.6 Å². The van der Waals surface area contributed by atoms with E-state index in [-0.39, 0.29) is 18.2 Å². The summed E-state index contributed by atoms with van der Waals surface area (Å²) in [6.07, 6.45) is 7.42. The van der Waals surface area contributed by atoms with Gasteiger partial charge in [0.25, 0.3) is 0 Å². The Hall–Kier alpha value is -2.17. The van der Waals surface area contributed by atoms with Gasteiger partial charge in [-0.25, -0.2) is 0 Å². The normalized spacial score (nSPS) is 13.7. The van der Waals surface area contributed by atoms with Gasteiger partial charge in [0.05, 0.1) is 23.0 Å². The molecule has 1 fully saturated rings. The highest BCUT2D eigenvalue weighted by Crippen LogP contribution is 2.31. The van der Waals surface area contributed by atoms with Gasteiger partial charge in [0, 0.05) is 13.1 Å². The first-order chi connectivity index (χ1) is 12.2. The first-order valence-electron chi connectivity index (χ1n) is 7.99. The van der Waals surface area contributed by atoms with Crippen LogP contribution in [0.4, 0.5) is 5.95 Å². The Kier molecular flexibility index (Phi) is 5.84. The lowest BCUT2D eigenvalue weighted by atomic mass is 10.3. The third-order valence-corrected chi connectivity index (χ3v) is 5.07. The number of hydrogen-bond acceptors (Lipinski definition) is 5. The van der Waals surface area contributed by atoms with Gasteiger partial charge >= 0.3 is 0 Å². The fourth-order valence-corrected chi connectivity index (χ4v) is 3.64. The molecule has 130 valence electrons. The number of benzene rings is 1. The van der Waals surface area contributed by atoms with Crippen molar-refractivity contribution in [3.63, 3.8) is 0 Å². The van der Waals surface area contributed by atoms with Crippen LogP contribution in [0.25, 0.3) is 5.69 Å². The average Bonchev–Trinajstić information content (AvgIpc) is 3.27. The Bertz CT molecular complexity index is 795. The molecule has 8 heteroatoms. The number of carbonyl (C=O) groups excluding carboxylic acids is 1. The van der Waals surface area contributed by atoms with Crippen molar-refractivity contribution in [1.82, 2.24) is 20.1 Å². The third-order valence-electron chi connectivity index (χ3n) is 3.82. The van der Waals surface area contributed by atoms with E-state index in [0.29, 0.717) is 10.2 Å². The molecule has 6 nitrogen and oxygen atoms in total. The first kappa shape index (κ1) is 17.6. The Balaban J connectivity index is 1.89. The molecule has 1 aliphatic rings. The van der Waals surface area contributed by atoms with Gasteiger partial charge in [-0.1, -0.05) is 41.4 Å². The van der Waals surface area contributed by atoms with Gasteiger partial charge in [-0.2, -0.15) is 0 Å². The van der Waals surface area contributed by atoms with E-state index >= 15 is 0 Å². The van der Waals surface area contributed by atoms with E-state index in [2.05, 4.69) is 26.3 Å². The van der Waals surface area contributed by atoms with Crippen LogP contribution in [-0.2, 0) is 4.79 Å². The zero-order chi connectivity index (χ0) is 17.6. The van der Waals surface area contributed by atoms with Crippen LogP contribution in [0.1, 0.15) is 12.8 Å². The smallest absolute Gasteiger partial charge is 0.232 e. The molecule has 0 aliphatic carbocycles. The Morgan fingerprint density at radius 2 is 2.08 bits per heavy atom. The maximum atomic E-state index is 11.8. The Labute approximate surface area is 155 Å². The number of amides is 1. The molecule has 1 aromatic heterocycles. The second kappa shape index (κ2) is 8.28. The van der Waals surface area contributed by atoms with Crippen LogP contribution in [-0.4, -0.2) is 46.1 Å². The van der Waals surface area contributed by atoms with Crippen molar-refractivity contribution in [2.75, 3.05) is 30.3 Å². The van der Waals surface area contributed by atoms with Crippen LogP contribution in [0, 0.1) is 12.3 Å². The number of nitrogens with one attached hydrogen (secondary N) is 1. The topological polar surface area (TPSA) is 63.1 Å². The number of terminal acetylenes is 1. The summed E-state index contributed by atoms with van der Waals surface area (Å²) in [4.78, 5) is 14.0. The zero-order valence-electron chi connectivity index (χ0n) is 13.6. The van der Waals surface area contributed by atoms with Gasteiger partial charge in [0.15, 0.2) is 5.16 Å². The van der Waals surface area contributed by atoms with Gasteiger partial charge in [-0.05, 0) is 25.0 Å². The monoisotopic (exact) mass is 375 g/mol. The van der Waals surface area contributed by atoms with Gasteiger partial charge in [0.2, 0.25) is 11.9 Å². The van der Waals surface area contributed by atoms with Crippen molar-refractivity contribution in [2.24, 2.45) is 0 Å². The third kappa shape index (κ3) is 4.09. The van der Waals surface area contributed by atoms with Crippen molar-refractivity contribution >= 4 is 35.2 Å². The first-order valence-corrected chi connectivity index (χ1v) is 9.35. The summed E-state index contributed by atoms with van der Waals surface area (Å²) in [7, 11) is 0. The molecule has 0 spiro atoms. The highest BCUT2D eigenvalue weighted by Gasteiger charge is 2.23. The molecule has 25 heavy (non-hydrogen) atoms. The fourth-order valence-electron chi connectivity index (χ4n) is 2.65. The van der Waals surface area contributed by atoms with Gasteiger partial charge in [0.1, 0.15) is 0 Å². The molecule has 0 atom stereocenters. The minimum absolute atomic E-state index is 0.139. The van der Waals surface area contributed by atoms with Crippen molar-refractivity contribution in [3.8, 4) is 18.0 Å². The number of rotatable bonds is 6. The highest BCUT2D eigenvalue weighted by molar-refractivity contribution is 7.99. The van der Waals surface area contributed by atoms with Crippen molar-refractivity contribution in [2.45, 2.75) is 18.0 Å². The molecule has 2 aromatic rings. The quantitative estimate of drug-likeness (QED) is 0.620. The number of hydrogen-bond donors (Lipinski definition) is 1. The maximum Gasteiger partial charge on any atom is 0.232 e. The second-order valence-corrected chi connectivity index (χ2v) is 6.88. The Morgan fingerprint density at radius 1 is 1.32 bits per heavy atom. The Morgan fingerprint density at radius 3 is 2.80 bits per heavy atom. The molecule has 0 saturated carbocycles. The van der Waals surface area contributed by atoms with Crippen LogP contribution in [0.5, 0.6) is 0 Å². The number of para-hydroxylation sites is 1. The number of nitrogens with zero attached hydrogens (tertiary/aromatic N) is 4. The molecule has 2 heterocycles. The average molecular weight is 376 g/mol. The van der Waals surface area contributed by atoms with E-state index in [9.17, 15) is 4.79 Å². The molecule has 0 radical (unpaired) electrons. The summed E-state index contributed by atoms with van der Waals surface area (Å²) >= 11 is 7.70. The lowest BCUT2D eigenvalue weighted by Gasteiger charge is -2.19. The molecule has 0 unspecified atom stereocenters. The minimum Gasteiger partial charge on any atom is -0.344 e. The number of aromatic nitrogens is 3. The molecule has 1 N–H and O–H groups in total. The number of thioether (sulfide) groups is 1. The van der Waals surface area contributed by atoms with E-state index in [4.69, 9.17) is 18.0 Å². The molecule has 1 amide bonds. The fraction of sp³-hybridized carbons (Fsp3) is 0.353.